The second-order valence-corrected chi connectivity index (χ2v) is 0.957. The molecule has 0 aromatic heterocycles. The molecule has 0 radical (unpaired) electrons. The highest BCUT2D eigenvalue weighted by Gasteiger charge is 1.93. The molecule has 0 aliphatic rings. The van der Waals surface area contributed by atoms with Crippen LogP contribution in [0.15, 0.2) is 0 Å². The molecular formula is C2H6O10. The van der Waals surface area contributed by atoms with Gasteiger partial charge in [0.05, 0.1) is 6.61 Å². The second-order valence-electron chi connectivity index (χ2n) is 0.957. The number of hydrogen-bond acceptors (Lipinski definition) is 10. The third-order valence-corrected chi connectivity index (χ3v) is 0.363. The average molecular weight is 190 g/mol. The first-order chi connectivity index (χ1) is 5.91. The molecule has 1 N–H and O–H groups in total. The summed E-state index contributed by atoms with van der Waals surface area (Å²) >= 11 is 0. The maximum absolute atomic E-state index is 7.44. The molecule has 0 saturated heterocycles. The zero-order valence-electron chi connectivity index (χ0n) is 5.83. The van der Waals surface area contributed by atoms with Crippen LogP contribution >= 0.6 is 0 Å². The summed E-state index contributed by atoms with van der Waals surface area (Å²) in [6, 6.07) is 0. The normalized spacial score (nSPS) is 10.5. The molecule has 0 saturated carbocycles. The van der Waals surface area contributed by atoms with E-state index in [2.05, 4.69) is 45.2 Å². The molecular weight excluding hydrogens is 184 g/mol. The highest BCUT2D eigenvalue weighted by molar-refractivity contribution is 3.89. The lowest BCUT2D eigenvalue weighted by atomic mass is 10.9. The Bertz CT molecular complexity index is 64.2. The molecule has 0 aliphatic heterocycles. The van der Waals surface area contributed by atoms with Crippen LogP contribution in [0.25, 0.3) is 0 Å². The standard InChI is InChI=1S/C2H6O10/c1-2-4-6-8-10-12-11-9-7-5-3/h3H,2H2,1H3. The van der Waals surface area contributed by atoms with E-state index in [1.165, 1.54) is 0 Å². The van der Waals surface area contributed by atoms with Crippen molar-refractivity contribution in [3.8, 4) is 0 Å². The first-order valence-corrected chi connectivity index (χ1v) is 2.51. The largest absolute Gasteiger partial charge is 0.219 e. The molecule has 10 heteroatoms. The maximum Gasteiger partial charge on any atom is 0.0826 e. The van der Waals surface area contributed by atoms with Gasteiger partial charge in [0.2, 0.25) is 0 Å². The average Bonchev–Trinajstić information content (AvgIpc) is 2.10. The molecule has 0 unspecified atom stereocenters. The summed E-state index contributed by atoms with van der Waals surface area (Å²) in [4.78, 5) is 4.14. The van der Waals surface area contributed by atoms with Crippen molar-refractivity contribution in [1.82, 2.24) is 0 Å². The van der Waals surface area contributed by atoms with Gasteiger partial charge in [-0.25, -0.2) is 10.1 Å². The Labute approximate surface area is 65.3 Å². The van der Waals surface area contributed by atoms with E-state index < -0.39 is 0 Å². The van der Waals surface area contributed by atoms with E-state index in [1.54, 1.807) is 6.92 Å². The van der Waals surface area contributed by atoms with E-state index in [4.69, 9.17) is 5.26 Å². The van der Waals surface area contributed by atoms with Gasteiger partial charge in [0.1, 0.15) is 0 Å². The predicted molar refractivity (Wildman–Crippen MR) is 22.9 cm³/mol. The first-order valence-electron chi connectivity index (χ1n) is 2.51. The molecule has 0 fully saturated rings. The Hall–Kier alpha value is -0.400. The van der Waals surface area contributed by atoms with Crippen molar-refractivity contribution in [2.24, 2.45) is 0 Å². The van der Waals surface area contributed by atoms with Gasteiger partial charge in [0.15, 0.2) is 0 Å². The first kappa shape index (κ1) is 11.6. The molecule has 0 aromatic rings. The molecule has 12 heavy (non-hydrogen) atoms. The maximum atomic E-state index is 7.44. The molecule has 0 rings (SSSR count). The highest BCUT2D eigenvalue weighted by Crippen LogP contribution is 1.88. The number of hydrogen-bond donors (Lipinski definition) is 1. The van der Waals surface area contributed by atoms with Crippen molar-refractivity contribution in [3.05, 3.63) is 0 Å². The third-order valence-electron chi connectivity index (χ3n) is 0.363. The van der Waals surface area contributed by atoms with Crippen molar-refractivity contribution in [2.45, 2.75) is 6.92 Å². The van der Waals surface area contributed by atoms with Crippen LogP contribution in [0.5, 0.6) is 0 Å². The van der Waals surface area contributed by atoms with Crippen molar-refractivity contribution in [3.63, 3.8) is 0 Å². The van der Waals surface area contributed by atoms with Crippen LogP contribution in [-0.2, 0) is 45.2 Å². The van der Waals surface area contributed by atoms with Gasteiger partial charge in [-0.1, -0.05) is 0 Å². The van der Waals surface area contributed by atoms with Crippen LogP contribution in [0.1, 0.15) is 6.92 Å². The fraction of sp³-hybridized carbons (Fsp3) is 1.00. The topological polar surface area (TPSA) is 103 Å². The van der Waals surface area contributed by atoms with E-state index in [0.29, 0.717) is 0 Å². The van der Waals surface area contributed by atoms with Gasteiger partial charge in [-0.2, -0.15) is 0 Å². The van der Waals surface area contributed by atoms with E-state index in [-0.39, 0.29) is 6.61 Å². The number of rotatable bonds is 9. The monoisotopic (exact) mass is 190 g/mol. The summed E-state index contributed by atoms with van der Waals surface area (Å²) in [7, 11) is 0. The summed E-state index contributed by atoms with van der Waals surface area (Å²) in [5.74, 6) is 0. The molecule has 0 aliphatic carbocycles. The minimum absolute atomic E-state index is 0.238. The van der Waals surface area contributed by atoms with Gasteiger partial charge < -0.3 is 0 Å². The van der Waals surface area contributed by atoms with Crippen molar-refractivity contribution in [1.29, 1.82) is 0 Å². The predicted octanol–water partition coefficient (Wildman–Crippen LogP) is -0.0513. The Morgan fingerprint density at radius 1 is 0.833 bits per heavy atom. The summed E-state index contributed by atoms with van der Waals surface area (Å²) in [5, 5.41) is 35.0. The molecule has 0 spiro atoms. The summed E-state index contributed by atoms with van der Waals surface area (Å²) < 4.78 is 0. The van der Waals surface area contributed by atoms with Crippen LogP contribution in [0, 0.1) is 0 Å². The second kappa shape index (κ2) is 10.6. The van der Waals surface area contributed by atoms with E-state index in [1.807, 2.05) is 0 Å². The van der Waals surface area contributed by atoms with Crippen LogP contribution in [-0.4, -0.2) is 11.9 Å². The van der Waals surface area contributed by atoms with E-state index in [9.17, 15) is 0 Å². The fourth-order valence-corrected chi connectivity index (χ4v) is 0.137. The fourth-order valence-electron chi connectivity index (χ4n) is 0.137. The van der Waals surface area contributed by atoms with Gasteiger partial charge in [-0.15, -0.1) is 0 Å². The van der Waals surface area contributed by atoms with E-state index in [0.717, 1.165) is 0 Å². The zero-order chi connectivity index (χ0) is 9.07. The Morgan fingerprint density at radius 3 is 1.83 bits per heavy atom. The Balaban J connectivity index is 2.73. The van der Waals surface area contributed by atoms with Crippen molar-refractivity contribution < 1.29 is 50.5 Å². The Morgan fingerprint density at radius 2 is 1.33 bits per heavy atom. The van der Waals surface area contributed by atoms with Gasteiger partial charge in [0, 0.05) is 0 Å². The van der Waals surface area contributed by atoms with Gasteiger partial charge in [-0.05, 0) is 47.2 Å². The summed E-state index contributed by atoms with van der Waals surface area (Å²) in [6.07, 6.45) is 0. The summed E-state index contributed by atoms with van der Waals surface area (Å²) in [6.45, 7) is 1.87. The smallest absolute Gasteiger partial charge is 0.0826 e. The molecule has 0 heterocycles. The van der Waals surface area contributed by atoms with Gasteiger partial charge >= 0.3 is 0 Å². The lowest BCUT2D eigenvalue weighted by molar-refractivity contribution is -0.843. The summed E-state index contributed by atoms with van der Waals surface area (Å²) in [5.41, 5.74) is 0. The quantitative estimate of drug-likeness (QED) is 0.302. The van der Waals surface area contributed by atoms with Gasteiger partial charge in [0.25, 0.3) is 0 Å². The lowest BCUT2D eigenvalue weighted by Crippen LogP contribution is -2.01. The molecule has 0 aromatic carbocycles. The highest BCUT2D eigenvalue weighted by atomic mass is 17.9. The van der Waals surface area contributed by atoms with E-state index >= 15 is 0 Å². The van der Waals surface area contributed by atoms with Crippen LogP contribution in [0.3, 0.4) is 0 Å². The molecule has 0 bridgehead atoms. The minimum atomic E-state index is 0.238. The van der Waals surface area contributed by atoms with Gasteiger partial charge in [-0.3, -0.25) is 0 Å². The SMILES string of the molecule is CCOOOOOOOOOO. The molecule has 10 nitrogen and oxygen atoms in total. The zero-order valence-corrected chi connectivity index (χ0v) is 5.83. The van der Waals surface area contributed by atoms with Crippen molar-refractivity contribution in [2.75, 3.05) is 6.61 Å². The van der Waals surface area contributed by atoms with Crippen LogP contribution < -0.4 is 0 Å². The minimum Gasteiger partial charge on any atom is -0.219 e. The van der Waals surface area contributed by atoms with Crippen LogP contribution in [0.2, 0.25) is 0 Å². The molecule has 74 valence electrons. The van der Waals surface area contributed by atoms with Crippen LogP contribution in [0.4, 0.5) is 0 Å². The molecule has 0 amide bonds. The Kier molecular flexibility index (Phi) is 10.2. The van der Waals surface area contributed by atoms with Crippen molar-refractivity contribution >= 4 is 0 Å². The lowest BCUT2D eigenvalue weighted by Gasteiger charge is -1.96. The third kappa shape index (κ3) is 9.60. The molecule has 0 atom stereocenters.